The minimum absolute atomic E-state index is 0.00669. The summed E-state index contributed by atoms with van der Waals surface area (Å²) in [6.45, 7) is 5.17. The van der Waals surface area contributed by atoms with Gasteiger partial charge in [0.05, 0.1) is 30.2 Å². The Kier molecular flexibility index (Phi) is 7.56. The van der Waals surface area contributed by atoms with Crippen LogP contribution in [0.1, 0.15) is 63.6 Å². The quantitative estimate of drug-likeness (QED) is 0.356. The number of aromatic nitrogens is 1. The maximum atomic E-state index is 13.3. The first kappa shape index (κ1) is 25.4. The normalized spacial score (nSPS) is 25.6. The smallest absolute Gasteiger partial charge is 0.233 e. The molecule has 0 radical (unpaired) electrons. The van der Waals surface area contributed by atoms with Crippen molar-refractivity contribution in [3.63, 3.8) is 0 Å². The first-order chi connectivity index (χ1) is 18.0. The number of nitrogens with zero attached hydrogens (tertiary/aromatic N) is 2. The molecule has 1 aromatic carbocycles. The van der Waals surface area contributed by atoms with Gasteiger partial charge in [-0.25, -0.2) is 0 Å². The van der Waals surface area contributed by atoms with E-state index in [0.29, 0.717) is 26.0 Å². The van der Waals surface area contributed by atoms with Crippen LogP contribution in [0.3, 0.4) is 0 Å². The molecule has 1 aliphatic carbocycles. The van der Waals surface area contributed by atoms with E-state index in [4.69, 9.17) is 4.74 Å². The number of fused-ring (bicyclic) bond motifs is 3. The minimum atomic E-state index is -0.285. The van der Waals surface area contributed by atoms with Crippen LogP contribution in [0.15, 0.2) is 59.8 Å². The fourth-order valence-electron chi connectivity index (χ4n) is 6.43. The molecule has 0 unspecified atom stereocenters. The number of allylic oxidation sites excluding steroid dienone is 2. The van der Waals surface area contributed by atoms with Crippen molar-refractivity contribution >= 4 is 23.5 Å². The zero-order valence-corrected chi connectivity index (χ0v) is 21.7. The first-order valence-corrected chi connectivity index (χ1v) is 13.6. The number of carbonyl (C=O) groups excluding carboxylic acids is 2. The number of ether oxygens (including phenoxy) is 1. The minimum Gasteiger partial charge on any atom is -0.507 e. The monoisotopic (exact) mass is 500 g/mol. The van der Waals surface area contributed by atoms with Crippen LogP contribution in [-0.2, 0) is 14.3 Å². The molecule has 6 nitrogen and oxygen atoms in total. The number of aromatic hydroxyl groups is 1. The van der Waals surface area contributed by atoms with Gasteiger partial charge in [-0.3, -0.25) is 19.5 Å². The Labute approximate surface area is 219 Å². The maximum Gasteiger partial charge on any atom is 0.233 e. The van der Waals surface area contributed by atoms with E-state index in [-0.39, 0.29) is 41.4 Å². The second-order valence-electron chi connectivity index (χ2n) is 10.4. The van der Waals surface area contributed by atoms with E-state index >= 15 is 0 Å². The van der Waals surface area contributed by atoms with Crippen LogP contribution in [0.2, 0.25) is 0 Å². The Bertz CT molecular complexity index is 1220. The summed E-state index contributed by atoms with van der Waals surface area (Å²) in [4.78, 5) is 32.5. The van der Waals surface area contributed by atoms with E-state index in [1.165, 1.54) is 16.0 Å². The molecular weight excluding hydrogens is 464 g/mol. The number of phenolic OH excluding ortho intramolecular Hbond substituents is 1. The van der Waals surface area contributed by atoms with Gasteiger partial charge in [0, 0.05) is 24.2 Å². The topological polar surface area (TPSA) is 79.7 Å². The van der Waals surface area contributed by atoms with Crippen molar-refractivity contribution < 1.29 is 19.4 Å². The molecular formula is C31H36N2O4. The van der Waals surface area contributed by atoms with Gasteiger partial charge in [-0.1, -0.05) is 50.1 Å². The van der Waals surface area contributed by atoms with Gasteiger partial charge in [0.25, 0.3) is 0 Å². The Morgan fingerprint density at radius 2 is 1.89 bits per heavy atom. The predicted octanol–water partition coefficient (Wildman–Crippen LogP) is 5.63. The number of carbonyl (C=O) groups is 2. The number of hydrogen-bond acceptors (Lipinski definition) is 5. The second kappa shape index (κ2) is 11.0. The number of amides is 2. The van der Waals surface area contributed by atoms with E-state index in [2.05, 4.69) is 11.9 Å². The van der Waals surface area contributed by atoms with Crippen molar-refractivity contribution in [1.82, 2.24) is 9.88 Å². The lowest BCUT2D eigenvalue weighted by molar-refractivity contribution is -0.140. The Morgan fingerprint density at radius 3 is 2.62 bits per heavy atom. The van der Waals surface area contributed by atoms with E-state index in [1.807, 2.05) is 49.4 Å². The third-order valence-electron chi connectivity index (χ3n) is 8.03. The van der Waals surface area contributed by atoms with E-state index < -0.39 is 0 Å². The summed E-state index contributed by atoms with van der Waals surface area (Å²) in [5.74, 6) is -0.290. The summed E-state index contributed by atoms with van der Waals surface area (Å²) < 4.78 is 6.39. The van der Waals surface area contributed by atoms with Gasteiger partial charge < -0.3 is 9.84 Å². The molecule has 1 N–H and O–H groups in total. The van der Waals surface area contributed by atoms with Gasteiger partial charge in [-0.2, -0.15) is 0 Å². The van der Waals surface area contributed by atoms with Crippen LogP contribution in [0.25, 0.3) is 11.6 Å². The van der Waals surface area contributed by atoms with Crippen LogP contribution in [0.5, 0.6) is 5.75 Å². The highest BCUT2D eigenvalue weighted by Crippen LogP contribution is 2.50. The van der Waals surface area contributed by atoms with Gasteiger partial charge in [-0.15, -0.1) is 0 Å². The van der Waals surface area contributed by atoms with Crippen molar-refractivity contribution in [2.24, 2.45) is 17.8 Å². The highest BCUT2D eigenvalue weighted by Gasteiger charge is 2.56. The largest absolute Gasteiger partial charge is 0.507 e. The van der Waals surface area contributed by atoms with Crippen molar-refractivity contribution in [1.29, 1.82) is 0 Å². The zero-order chi connectivity index (χ0) is 25.9. The molecule has 3 aliphatic rings. The van der Waals surface area contributed by atoms with Crippen LogP contribution < -0.4 is 0 Å². The highest BCUT2D eigenvalue weighted by molar-refractivity contribution is 6.06. The number of hydrogen-bond donors (Lipinski definition) is 1. The molecule has 2 amide bonds. The molecule has 1 aromatic heterocycles. The molecule has 2 aliphatic heterocycles. The first-order valence-electron chi connectivity index (χ1n) is 13.6. The van der Waals surface area contributed by atoms with Crippen molar-refractivity contribution in [2.45, 2.75) is 58.5 Å². The van der Waals surface area contributed by atoms with Crippen LogP contribution in [0, 0.1) is 17.8 Å². The molecule has 0 spiro atoms. The fourth-order valence-corrected chi connectivity index (χ4v) is 6.43. The van der Waals surface area contributed by atoms with Gasteiger partial charge >= 0.3 is 0 Å². The lowest BCUT2D eigenvalue weighted by Gasteiger charge is -2.32. The Morgan fingerprint density at radius 1 is 1.08 bits per heavy atom. The zero-order valence-electron chi connectivity index (χ0n) is 21.7. The van der Waals surface area contributed by atoms with Gasteiger partial charge in [0.15, 0.2) is 0 Å². The lowest BCUT2D eigenvalue weighted by Crippen LogP contribution is -2.34. The van der Waals surface area contributed by atoms with Crippen molar-refractivity contribution in [3.05, 3.63) is 71.1 Å². The molecule has 2 aromatic rings. The average molecular weight is 501 g/mol. The van der Waals surface area contributed by atoms with E-state index in [0.717, 1.165) is 42.5 Å². The molecule has 0 bridgehead atoms. The maximum absolute atomic E-state index is 13.3. The van der Waals surface area contributed by atoms with Gasteiger partial charge in [0.2, 0.25) is 11.8 Å². The molecule has 194 valence electrons. The predicted molar refractivity (Wildman–Crippen MR) is 143 cm³/mol. The van der Waals surface area contributed by atoms with E-state index in [1.54, 1.807) is 12.3 Å². The highest BCUT2D eigenvalue weighted by atomic mass is 16.5. The second-order valence-corrected chi connectivity index (χ2v) is 10.4. The number of pyridine rings is 1. The summed E-state index contributed by atoms with van der Waals surface area (Å²) in [5, 5.41) is 10.4. The average Bonchev–Trinajstić information content (AvgIpc) is 3.43. The molecule has 5 rings (SSSR count). The summed E-state index contributed by atoms with van der Waals surface area (Å²) >= 11 is 0. The summed E-state index contributed by atoms with van der Waals surface area (Å²) in [7, 11) is 0. The number of para-hydroxylation sites is 1. The number of phenols is 1. The summed E-state index contributed by atoms with van der Waals surface area (Å²) in [6, 6.07) is 13.2. The molecule has 2 fully saturated rings. The number of rotatable bonds is 9. The SMILES string of the molecule is CCCC1=C2[C@@H](CC/C(=C/c3ccccc3O)c3ccccn3)OC[C@@H]2[C@@H]2C(=O)N(CCC)C(=O)[C@@H]2C1. The van der Waals surface area contributed by atoms with Crippen molar-refractivity contribution in [2.75, 3.05) is 13.2 Å². The Balaban J connectivity index is 1.42. The molecule has 6 heteroatoms. The molecule has 37 heavy (non-hydrogen) atoms. The lowest BCUT2D eigenvalue weighted by atomic mass is 9.68. The van der Waals surface area contributed by atoms with Gasteiger partial charge in [-0.05, 0) is 67.5 Å². The fraction of sp³-hybridized carbons (Fsp3) is 0.452. The third-order valence-corrected chi connectivity index (χ3v) is 8.03. The number of imide groups is 1. The van der Waals surface area contributed by atoms with Crippen molar-refractivity contribution in [3.8, 4) is 5.75 Å². The summed E-state index contributed by atoms with van der Waals surface area (Å²) in [5.41, 5.74) is 5.25. The molecule has 0 saturated carbocycles. The van der Waals surface area contributed by atoms with Crippen LogP contribution >= 0.6 is 0 Å². The third kappa shape index (κ3) is 4.87. The van der Waals surface area contributed by atoms with Gasteiger partial charge in [0.1, 0.15) is 5.75 Å². The number of likely N-dealkylation sites (tertiary alicyclic amines) is 1. The van der Waals surface area contributed by atoms with E-state index in [9.17, 15) is 14.7 Å². The summed E-state index contributed by atoms with van der Waals surface area (Å²) in [6.07, 6.45) is 8.58. The number of benzene rings is 1. The Hall–Kier alpha value is -3.25. The van der Waals surface area contributed by atoms with Crippen LogP contribution in [0.4, 0.5) is 0 Å². The molecule has 4 atom stereocenters. The standard InChI is InChI=1S/C31H36N2O4/c1-3-9-22-18-23-29(31(36)33(16-4-2)30(23)35)24-19-37-27(28(22)24)14-13-20(25-11-7-8-15-32-25)17-21-10-5-6-12-26(21)34/h5-8,10-12,15,17,23-24,27,29,34H,3-4,9,13-14,16,18-19H2,1-2H3/b20-17-/t23-,24+,27-,29-/m1/s1. The molecule has 2 saturated heterocycles. The molecule has 3 heterocycles. The van der Waals surface area contributed by atoms with Crippen LogP contribution in [-0.4, -0.2) is 46.1 Å².